The van der Waals surface area contributed by atoms with Gasteiger partial charge in [-0.15, -0.1) is 0 Å². The fourth-order valence-corrected chi connectivity index (χ4v) is 2.78. The zero-order valence-corrected chi connectivity index (χ0v) is 10.3. The summed E-state index contributed by atoms with van der Waals surface area (Å²) in [4.78, 5) is 13.7. The van der Waals surface area contributed by atoms with Crippen LogP contribution in [0.15, 0.2) is 0 Å². The lowest BCUT2D eigenvalue weighted by Gasteiger charge is -2.28. The Balaban J connectivity index is 1.98. The molecular weight excluding hydrogens is 206 g/mol. The Morgan fingerprint density at radius 1 is 1.38 bits per heavy atom. The Bertz CT molecular complexity index is 284. The van der Waals surface area contributed by atoms with Gasteiger partial charge in [-0.3, -0.25) is 0 Å². The zero-order chi connectivity index (χ0) is 11.9. The highest BCUT2D eigenvalue weighted by Gasteiger charge is 2.44. The number of nitrogens with zero attached hydrogens (tertiary/aromatic N) is 1. The van der Waals surface area contributed by atoms with Crippen LogP contribution in [0.25, 0.3) is 0 Å². The normalized spacial score (nSPS) is 34.0. The van der Waals surface area contributed by atoms with Gasteiger partial charge in [-0.1, -0.05) is 0 Å². The Hall–Kier alpha value is -0.770. The quantitative estimate of drug-likeness (QED) is 0.686. The summed E-state index contributed by atoms with van der Waals surface area (Å²) in [6.45, 7) is 6.41. The predicted molar refractivity (Wildman–Crippen MR) is 60.1 cm³/mol. The molecule has 92 valence electrons. The number of carbonyl (C=O) groups excluding carboxylic acids is 1. The van der Waals surface area contributed by atoms with Crippen molar-refractivity contribution in [2.45, 2.75) is 57.8 Å². The third-order valence-electron chi connectivity index (χ3n) is 3.40. The van der Waals surface area contributed by atoms with Crippen LogP contribution in [-0.4, -0.2) is 40.4 Å². The van der Waals surface area contributed by atoms with E-state index in [9.17, 15) is 9.90 Å². The maximum Gasteiger partial charge on any atom is 0.410 e. The molecule has 2 fully saturated rings. The second-order valence-corrected chi connectivity index (χ2v) is 5.92. The van der Waals surface area contributed by atoms with Crippen molar-refractivity contribution < 1.29 is 14.6 Å². The molecule has 0 unspecified atom stereocenters. The van der Waals surface area contributed by atoms with Crippen LogP contribution in [-0.2, 0) is 4.74 Å². The van der Waals surface area contributed by atoms with Crippen LogP contribution in [0.4, 0.5) is 4.79 Å². The highest BCUT2D eigenvalue weighted by atomic mass is 16.6. The molecule has 2 aliphatic rings. The third-order valence-corrected chi connectivity index (χ3v) is 3.40. The van der Waals surface area contributed by atoms with Gasteiger partial charge in [0, 0.05) is 12.6 Å². The summed E-state index contributed by atoms with van der Waals surface area (Å²) < 4.78 is 5.37. The molecule has 0 aromatic rings. The molecule has 4 nitrogen and oxygen atoms in total. The van der Waals surface area contributed by atoms with Crippen molar-refractivity contribution >= 4 is 6.09 Å². The summed E-state index contributed by atoms with van der Waals surface area (Å²) in [5.74, 6) is 0.475. The summed E-state index contributed by atoms with van der Waals surface area (Å²) in [5, 5.41) is 9.59. The lowest BCUT2D eigenvalue weighted by molar-refractivity contribution is 0.0206. The number of amides is 1. The first kappa shape index (κ1) is 11.7. The summed E-state index contributed by atoms with van der Waals surface area (Å²) >= 11 is 0. The van der Waals surface area contributed by atoms with Crippen molar-refractivity contribution in [2.75, 3.05) is 6.54 Å². The molecule has 3 atom stereocenters. The second kappa shape index (κ2) is 3.91. The molecule has 1 aliphatic carbocycles. The van der Waals surface area contributed by atoms with Crippen molar-refractivity contribution in [1.29, 1.82) is 0 Å². The van der Waals surface area contributed by atoms with Crippen LogP contribution >= 0.6 is 0 Å². The number of ether oxygens (including phenoxy) is 1. The summed E-state index contributed by atoms with van der Waals surface area (Å²) in [7, 11) is 0. The molecule has 1 saturated heterocycles. The van der Waals surface area contributed by atoms with E-state index in [0.29, 0.717) is 12.3 Å². The molecule has 0 radical (unpaired) electrons. The second-order valence-electron chi connectivity index (χ2n) is 5.92. The van der Waals surface area contributed by atoms with E-state index in [1.54, 1.807) is 4.90 Å². The molecule has 0 spiro atoms. The molecule has 1 aliphatic heterocycles. The molecule has 0 aromatic heterocycles. The van der Waals surface area contributed by atoms with E-state index >= 15 is 0 Å². The molecule has 1 amide bonds. The summed E-state index contributed by atoms with van der Waals surface area (Å²) in [6.07, 6.45) is 2.09. The van der Waals surface area contributed by atoms with E-state index in [4.69, 9.17) is 4.74 Å². The van der Waals surface area contributed by atoms with E-state index < -0.39 is 5.60 Å². The van der Waals surface area contributed by atoms with Gasteiger partial charge in [0.2, 0.25) is 0 Å². The van der Waals surface area contributed by atoms with Crippen LogP contribution in [0.3, 0.4) is 0 Å². The van der Waals surface area contributed by atoms with Gasteiger partial charge in [-0.05, 0) is 46.0 Å². The van der Waals surface area contributed by atoms with Gasteiger partial charge < -0.3 is 14.7 Å². The monoisotopic (exact) mass is 227 g/mol. The van der Waals surface area contributed by atoms with Crippen LogP contribution < -0.4 is 0 Å². The first-order chi connectivity index (χ1) is 7.37. The zero-order valence-electron chi connectivity index (χ0n) is 10.3. The Labute approximate surface area is 96.6 Å². The molecule has 1 N–H and O–H groups in total. The Kier molecular flexibility index (Phi) is 2.86. The number of rotatable bonds is 0. The minimum Gasteiger partial charge on any atom is -0.444 e. The molecular formula is C12H21NO3. The van der Waals surface area contributed by atoms with Gasteiger partial charge in [0.25, 0.3) is 0 Å². The molecule has 1 saturated carbocycles. The lowest BCUT2D eigenvalue weighted by Crippen LogP contribution is -2.40. The van der Waals surface area contributed by atoms with Crippen molar-refractivity contribution in [3.8, 4) is 0 Å². The number of aliphatic hydroxyl groups excluding tert-OH is 1. The van der Waals surface area contributed by atoms with Crippen LogP contribution in [0, 0.1) is 5.92 Å². The Morgan fingerprint density at radius 3 is 2.69 bits per heavy atom. The largest absolute Gasteiger partial charge is 0.444 e. The van der Waals surface area contributed by atoms with Gasteiger partial charge in [0.05, 0.1) is 6.10 Å². The van der Waals surface area contributed by atoms with Gasteiger partial charge in [-0.2, -0.15) is 0 Å². The minimum absolute atomic E-state index is 0.199. The molecule has 4 heteroatoms. The maximum atomic E-state index is 11.9. The molecule has 1 heterocycles. The summed E-state index contributed by atoms with van der Waals surface area (Å²) in [5.41, 5.74) is -0.438. The molecule has 2 rings (SSSR count). The molecule has 0 bridgehead atoms. The smallest absolute Gasteiger partial charge is 0.410 e. The molecule has 0 aromatic carbocycles. The fourth-order valence-electron chi connectivity index (χ4n) is 2.78. The van der Waals surface area contributed by atoms with E-state index in [-0.39, 0.29) is 18.2 Å². The number of likely N-dealkylation sites (tertiary alicyclic amines) is 1. The average Bonchev–Trinajstić information content (AvgIpc) is 2.58. The lowest BCUT2D eigenvalue weighted by atomic mass is 10.0. The van der Waals surface area contributed by atoms with Crippen molar-refractivity contribution in [1.82, 2.24) is 4.90 Å². The van der Waals surface area contributed by atoms with Gasteiger partial charge >= 0.3 is 6.09 Å². The van der Waals surface area contributed by atoms with E-state index in [2.05, 4.69) is 0 Å². The molecule has 16 heavy (non-hydrogen) atoms. The van der Waals surface area contributed by atoms with Gasteiger partial charge in [0.15, 0.2) is 0 Å². The third kappa shape index (κ3) is 2.32. The number of hydrogen-bond donors (Lipinski definition) is 1. The first-order valence-corrected chi connectivity index (χ1v) is 6.04. The van der Waals surface area contributed by atoms with Crippen molar-refractivity contribution in [3.63, 3.8) is 0 Å². The highest BCUT2D eigenvalue weighted by Crippen LogP contribution is 2.38. The number of hydrogen-bond acceptors (Lipinski definition) is 3. The number of carbonyl (C=O) groups is 1. The average molecular weight is 227 g/mol. The highest BCUT2D eigenvalue weighted by molar-refractivity contribution is 5.69. The predicted octanol–water partition coefficient (Wildman–Crippen LogP) is 1.77. The van der Waals surface area contributed by atoms with Crippen LogP contribution in [0.5, 0.6) is 0 Å². The maximum absolute atomic E-state index is 11.9. The summed E-state index contributed by atoms with van der Waals surface area (Å²) in [6, 6.07) is 0.199. The van der Waals surface area contributed by atoms with E-state index in [1.165, 1.54) is 0 Å². The standard InChI is InChI=1S/C12H21NO3/c1-12(2,3)16-11(15)13-5-4-8-6-9(14)7-10(8)13/h8-10,14H,4-7H2,1-3H3/t8-,9-,10+/m1/s1. The Morgan fingerprint density at radius 2 is 2.06 bits per heavy atom. The fraction of sp³-hybridized carbons (Fsp3) is 0.917. The minimum atomic E-state index is -0.438. The van der Waals surface area contributed by atoms with E-state index in [1.807, 2.05) is 20.8 Å². The first-order valence-electron chi connectivity index (χ1n) is 6.04. The number of aliphatic hydroxyl groups is 1. The van der Waals surface area contributed by atoms with Gasteiger partial charge in [-0.25, -0.2) is 4.79 Å². The van der Waals surface area contributed by atoms with Gasteiger partial charge in [0.1, 0.15) is 5.60 Å². The topological polar surface area (TPSA) is 49.8 Å². The SMILES string of the molecule is CC(C)(C)OC(=O)N1CC[C@@H]2C[C@@H](O)C[C@@H]21. The van der Waals surface area contributed by atoms with Crippen LogP contribution in [0.1, 0.15) is 40.0 Å². The van der Waals surface area contributed by atoms with Crippen molar-refractivity contribution in [2.24, 2.45) is 5.92 Å². The van der Waals surface area contributed by atoms with Crippen molar-refractivity contribution in [3.05, 3.63) is 0 Å². The van der Waals surface area contributed by atoms with Crippen LogP contribution in [0.2, 0.25) is 0 Å². The number of fused-ring (bicyclic) bond motifs is 1. The van der Waals surface area contributed by atoms with E-state index in [0.717, 1.165) is 19.4 Å².